The van der Waals surface area contributed by atoms with Gasteiger partial charge in [0.15, 0.2) is 0 Å². The standard InChI is InChI=1S/C19H23FN2/c1-15(13-16-7-9-17(20)10-8-16)21-18-5-4-6-19(14-18)22-11-2-3-12-22/h4-10,14-15,21H,2-3,11-13H2,1H3/t15-/m1/s1. The van der Waals surface area contributed by atoms with Crippen molar-refractivity contribution in [2.75, 3.05) is 23.3 Å². The summed E-state index contributed by atoms with van der Waals surface area (Å²) in [7, 11) is 0. The normalized spacial score (nSPS) is 15.8. The average molecular weight is 298 g/mol. The van der Waals surface area contributed by atoms with Crippen LogP contribution in [-0.2, 0) is 6.42 Å². The van der Waals surface area contributed by atoms with Crippen molar-refractivity contribution < 1.29 is 4.39 Å². The smallest absolute Gasteiger partial charge is 0.123 e. The first-order chi connectivity index (χ1) is 10.7. The summed E-state index contributed by atoms with van der Waals surface area (Å²) in [5.41, 5.74) is 3.60. The lowest BCUT2D eigenvalue weighted by Gasteiger charge is -2.20. The van der Waals surface area contributed by atoms with E-state index in [9.17, 15) is 4.39 Å². The van der Waals surface area contributed by atoms with Crippen molar-refractivity contribution >= 4 is 11.4 Å². The van der Waals surface area contributed by atoms with Crippen LogP contribution < -0.4 is 10.2 Å². The number of nitrogens with zero attached hydrogens (tertiary/aromatic N) is 1. The van der Waals surface area contributed by atoms with Crippen LogP contribution in [0.25, 0.3) is 0 Å². The van der Waals surface area contributed by atoms with Crippen molar-refractivity contribution in [3.8, 4) is 0 Å². The molecule has 2 nitrogen and oxygen atoms in total. The number of benzene rings is 2. The van der Waals surface area contributed by atoms with Crippen molar-refractivity contribution in [1.29, 1.82) is 0 Å². The van der Waals surface area contributed by atoms with Gasteiger partial charge in [-0.3, -0.25) is 0 Å². The van der Waals surface area contributed by atoms with E-state index in [1.165, 1.54) is 30.7 Å². The van der Waals surface area contributed by atoms with Crippen LogP contribution in [0.15, 0.2) is 48.5 Å². The Morgan fingerprint density at radius 2 is 1.82 bits per heavy atom. The Morgan fingerprint density at radius 3 is 2.55 bits per heavy atom. The second-order valence-corrected chi connectivity index (χ2v) is 6.12. The van der Waals surface area contributed by atoms with Gasteiger partial charge in [0, 0.05) is 30.5 Å². The molecule has 2 aromatic rings. The molecule has 1 atom stereocenters. The largest absolute Gasteiger partial charge is 0.382 e. The molecule has 1 fully saturated rings. The molecule has 0 saturated carbocycles. The maximum absolute atomic E-state index is 12.9. The molecule has 1 aliphatic rings. The molecule has 0 aromatic heterocycles. The highest BCUT2D eigenvalue weighted by Crippen LogP contribution is 2.24. The van der Waals surface area contributed by atoms with Crippen LogP contribution in [0.3, 0.4) is 0 Å². The molecule has 3 rings (SSSR count). The average Bonchev–Trinajstić information content (AvgIpc) is 3.04. The molecule has 2 aromatic carbocycles. The van der Waals surface area contributed by atoms with E-state index in [1.54, 1.807) is 0 Å². The van der Waals surface area contributed by atoms with Crippen molar-refractivity contribution in [3.63, 3.8) is 0 Å². The SMILES string of the molecule is C[C@H](Cc1ccc(F)cc1)Nc1cccc(N2CCCC2)c1. The van der Waals surface area contributed by atoms with Gasteiger partial charge in [0.25, 0.3) is 0 Å². The zero-order chi connectivity index (χ0) is 15.4. The molecule has 3 heteroatoms. The van der Waals surface area contributed by atoms with Crippen molar-refractivity contribution in [3.05, 3.63) is 59.9 Å². The molecular weight excluding hydrogens is 275 g/mol. The second-order valence-electron chi connectivity index (χ2n) is 6.12. The molecule has 1 N–H and O–H groups in total. The minimum atomic E-state index is -0.178. The molecule has 0 amide bonds. The lowest BCUT2D eigenvalue weighted by molar-refractivity contribution is 0.626. The van der Waals surface area contributed by atoms with E-state index >= 15 is 0 Å². The van der Waals surface area contributed by atoms with Crippen LogP contribution in [0.2, 0.25) is 0 Å². The van der Waals surface area contributed by atoms with Gasteiger partial charge < -0.3 is 10.2 Å². The summed E-state index contributed by atoms with van der Waals surface area (Å²) in [5.74, 6) is -0.178. The van der Waals surface area contributed by atoms with Crippen molar-refractivity contribution in [2.24, 2.45) is 0 Å². The van der Waals surface area contributed by atoms with Gasteiger partial charge in [0.1, 0.15) is 5.82 Å². The molecule has 1 saturated heterocycles. The molecule has 0 spiro atoms. The number of hydrogen-bond acceptors (Lipinski definition) is 2. The van der Waals surface area contributed by atoms with E-state index in [0.717, 1.165) is 30.8 Å². The van der Waals surface area contributed by atoms with Gasteiger partial charge in [-0.1, -0.05) is 18.2 Å². The molecule has 1 heterocycles. The molecule has 0 aliphatic carbocycles. The van der Waals surface area contributed by atoms with Crippen LogP contribution in [0.5, 0.6) is 0 Å². The summed E-state index contributed by atoms with van der Waals surface area (Å²) in [5, 5.41) is 3.55. The van der Waals surface area contributed by atoms with E-state index < -0.39 is 0 Å². The maximum Gasteiger partial charge on any atom is 0.123 e. The first-order valence-electron chi connectivity index (χ1n) is 8.07. The zero-order valence-electron chi connectivity index (χ0n) is 13.1. The van der Waals surface area contributed by atoms with Gasteiger partial charge >= 0.3 is 0 Å². The summed E-state index contributed by atoms with van der Waals surface area (Å²) in [6, 6.07) is 15.7. The Balaban J connectivity index is 1.62. The molecule has 116 valence electrons. The fraction of sp³-hybridized carbons (Fsp3) is 0.368. The highest BCUT2D eigenvalue weighted by atomic mass is 19.1. The van der Waals surface area contributed by atoms with Crippen LogP contribution >= 0.6 is 0 Å². The third-order valence-corrected chi connectivity index (χ3v) is 4.19. The van der Waals surface area contributed by atoms with E-state index in [2.05, 4.69) is 41.4 Å². The van der Waals surface area contributed by atoms with Crippen LogP contribution in [-0.4, -0.2) is 19.1 Å². The summed E-state index contributed by atoms with van der Waals surface area (Å²) in [6.07, 6.45) is 3.46. The third-order valence-electron chi connectivity index (χ3n) is 4.19. The Kier molecular flexibility index (Phi) is 4.62. The molecule has 0 bridgehead atoms. The number of nitrogens with one attached hydrogen (secondary N) is 1. The maximum atomic E-state index is 12.9. The van der Waals surface area contributed by atoms with Crippen LogP contribution in [0.4, 0.5) is 15.8 Å². The molecular formula is C19H23FN2. The number of halogens is 1. The Labute approximate surface area is 132 Å². The molecule has 0 unspecified atom stereocenters. The van der Waals surface area contributed by atoms with E-state index in [1.807, 2.05) is 12.1 Å². The molecule has 1 aliphatic heterocycles. The van der Waals surface area contributed by atoms with E-state index in [0.29, 0.717) is 6.04 Å². The lowest BCUT2D eigenvalue weighted by atomic mass is 10.1. The van der Waals surface area contributed by atoms with Gasteiger partial charge in [0.2, 0.25) is 0 Å². The van der Waals surface area contributed by atoms with Gasteiger partial charge in [-0.25, -0.2) is 4.39 Å². The molecule has 0 radical (unpaired) electrons. The lowest BCUT2D eigenvalue weighted by Crippen LogP contribution is -2.20. The van der Waals surface area contributed by atoms with Crippen molar-refractivity contribution in [1.82, 2.24) is 0 Å². The van der Waals surface area contributed by atoms with Crippen LogP contribution in [0, 0.1) is 5.82 Å². The van der Waals surface area contributed by atoms with E-state index in [-0.39, 0.29) is 5.82 Å². The number of hydrogen-bond donors (Lipinski definition) is 1. The predicted molar refractivity (Wildman–Crippen MR) is 91.1 cm³/mol. The summed E-state index contributed by atoms with van der Waals surface area (Å²) < 4.78 is 12.9. The highest BCUT2D eigenvalue weighted by Gasteiger charge is 2.12. The van der Waals surface area contributed by atoms with E-state index in [4.69, 9.17) is 0 Å². The zero-order valence-corrected chi connectivity index (χ0v) is 13.1. The predicted octanol–water partition coefficient (Wildman–Crippen LogP) is 4.47. The first kappa shape index (κ1) is 14.9. The number of anilines is 2. The monoisotopic (exact) mass is 298 g/mol. The third kappa shape index (κ3) is 3.79. The summed E-state index contributed by atoms with van der Waals surface area (Å²) in [4.78, 5) is 2.44. The topological polar surface area (TPSA) is 15.3 Å². The van der Waals surface area contributed by atoms with Crippen molar-refractivity contribution in [2.45, 2.75) is 32.2 Å². The minimum Gasteiger partial charge on any atom is -0.382 e. The van der Waals surface area contributed by atoms with Gasteiger partial charge in [-0.15, -0.1) is 0 Å². The second kappa shape index (κ2) is 6.82. The quantitative estimate of drug-likeness (QED) is 0.876. The Hall–Kier alpha value is -2.03. The fourth-order valence-electron chi connectivity index (χ4n) is 3.08. The van der Waals surface area contributed by atoms with Gasteiger partial charge in [0.05, 0.1) is 0 Å². The summed E-state index contributed by atoms with van der Waals surface area (Å²) >= 11 is 0. The Bertz CT molecular complexity index is 603. The Morgan fingerprint density at radius 1 is 1.09 bits per heavy atom. The fourth-order valence-corrected chi connectivity index (χ4v) is 3.08. The van der Waals surface area contributed by atoms with Gasteiger partial charge in [-0.05, 0) is 62.1 Å². The molecule has 22 heavy (non-hydrogen) atoms. The minimum absolute atomic E-state index is 0.178. The summed E-state index contributed by atoms with van der Waals surface area (Å²) in [6.45, 7) is 4.48. The van der Waals surface area contributed by atoms with Gasteiger partial charge in [-0.2, -0.15) is 0 Å². The number of rotatable bonds is 5. The highest BCUT2D eigenvalue weighted by molar-refractivity contribution is 5.58. The first-order valence-corrected chi connectivity index (χ1v) is 8.07. The van der Waals surface area contributed by atoms with Crippen LogP contribution in [0.1, 0.15) is 25.3 Å².